The lowest BCUT2D eigenvalue weighted by Gasteiger charge is -2.45. The molecule has 2 N–H and O–H groups in total. The molecule has 2 saturated heterocycles. The van der Waals surface area contributed by atoms with Gasteiger partial charge in [0.1, 0.15) is 18.8 Å². The minimum Gasteiger partial charge on any atom is -0.465 e. The first kappa shape index (κ1) is 35.3. The van der Waals surface area contributed by atoms with Crippen LogP contribution in [0.15, 0.2) is 78.9 Å². The van der Waals surface area contributed by atoms with Crippen molar-refractivity contribution in [1.82, 2.24) is 25.3 Å². The molecule has 3 aromatic rings. The number of carbonyl (C=O) groups is 4. The van der Waals surface area contributed by atoms with Gasteiger partial charge in [0.25, 0.3) is 0 Å². The molecule has 10 heteroatoms. The molecule has 4 atom stereocenters. The van der Waals surface area contributed by atoms with Crippen LogP contribution in [-0.2, 0) is 32.1 Å². The molecule has 3 fully saturated rings. The Hall–Kier alpha value is -4.54. The summed E-state index contributed by atoms with van der Waals surface area (Å²) >= 11 is 0. The molecule has 264 valence electrons. The Morgan fingerprint density at radius 1 is 0.880 bits per heavy atom. The number of esters is 1. The van der Waals surface area contributed by atoms with E-state index in [4.69, 9.17) is 4.74 Å². The molecule has 0 radical (unpaired) electrons. The molecular formula is C40H49N5O5. The fourth-order valence-corrected chi connectivity index (χ4v) is 7.67. The largest absolute Gasteiger partial charge is 0.465 e. The average Bonchev–Trinajstić information content (AvgIpc) is 3.49. The van der Waals surface area contributed by atoms with Crippen LogP contribution in [0.25, 0.3) is 11.1 Å². The van der Waals surface area contributed by atoms with E-state index in [1.165, 1.54) is 13.5 Å². The number of likely N-dealkylation sites (N-methyl/N-ethyl adjacent to an activating group) is 1. The highest BCUT2D eigenvalue weighted by atomic mass is 16.5. The number of piperazine rings is 1. The Balaban J connectivity index is 1.29. The summed E-state index contributed by atoms with van der Waals surface area (Å²) in [6.07, 6.45) is 5.06. The molecule has 1 unspecified atom stereocenters. The van der Waals surface area contributed by atoms with E-state index in [2.05, 4.69) is 29.7 Å². The van der Waals surface area contributed by atoms with Gasteiger partial charge < -0.3 is 30.1 Å². The molecule has 2 aliphatic heterocycles. The fraction of sp³-hybridized carbons (Fsp3) is 0.450. The van der Waals surface area contributed by atoms with Gasteiger partial charge in [0.15, 0.2) is 0 Å². The molecule has 0 spiro atoms. The number of carbonyl (C=O) groups excluding carboxylic acids is 4. The Morgan fingerprint density at radius 3 is 2.20 bits per heavy atom. The Morgan fingerprint density at radius 2 is 1.54 bits per heavy atom. The predicted molar refractivity (Wildman–Crippen MR) is 192 cm³/mol. The predicted octanol–water partition coefficient (Wildman–Crippen LogP) is 4.24. The third-order valence-electron chi connectivity index (χ3n) is 10.6. The van der Waals surface area contributed by atoms with Gasteiger partial charge >= 0.3 is 5.97 Å². The highest BCUT2D eigenvalue weighted by Gasteiger charge is 2.52. The van der Waals surface area contributed by atoms with Crippen LogP contribution in [0.3, 0.4) is 0 Å². The van der Waals surface area contributed by atoms with E-state index in [1.54, 1.807) is 26.8 Å². The molecule has 1 saturated carbocycles. The fourth-order valence-electron chi connectivity index (χ4n) is 7.67. The average molecular weight is 680 g/mol. The van der Waals surface area contributed by atoms with E-state index >= 15 is 0 Å². The molecular weight excluding hydrogens is 630 g/mol. The number of ether oxygens (including phenoxy) is 1. The number of hydrogen-bond acceptors (Lipinski definition) is 7. The lowest BCUT2D eigenvalue weighted by atomic mass is 9.83. The quantitative estimate of drug-likeness (QED) is 0.276. The summed E-state index contributed by atoms with van der Waals surface area (Å²) in [5.41, 5.74) is 4.38. The van der Waals surface area contributed by atoms with Crippen molar-refractivity contribution >= 4 is 23.7 Å². The number of methoxy groups -OCH3 is 1. The number of hydrogen-bond donors (Lipinski definition) is 2. The molecule has 0 aromatic heterocycles. The molecule has 6 rings (SSSR count). The third-order valence-corrected chi connectivity index (χ3v) is 10.6. The number of fused-ring (bicyclic) bond motifs is 1. The molecule has 0 bridgehead atoms. The van der Waals surface area contributed by atoms with Crippen molar-refractivity contribution in [3.05, 3.63) is 95.6 Å². The van der Waals surface area contributed by atoms with E-state index in [1.807, 2.05) is 61.6 Å². The third kappa shape index (κ3) is 7.76. The van der Waals surface area contributed by atoms with Crippen molar-refractivity contribution in [3.8, 4) is 11.1 Å². The second kappa shape index (κ2) is 16.0. The van der Waals surface area contributed by atoms with Gasteiger partial charge in [-0.15, -0.1) is 0 Å². The van der Waals surface area contributed by atoms with E-state index in [9.17, 15) is 19.2 Å². The maximum absolute atomic E-state index is 14.6. The summed E-state index contributed by atoms with van der Waals surface area (Å²) in [7, 11) is 3.25. The van der Waals surface area contributed by atoms with Crippen LogP contribution in [0.4, 0.5) is 0 Å². The molecule has 50 heavy (non-hydrogen) atoms. The van der Waals surface area contributed by atoms with E-state index in [-0.39, 0.29) is 49.3 Å². The summed E-state index contributed by atoms with van der Waals surface area (Å²) in [5, 5.41) is 6.83. The van der Waals surface area contributed by atoms with Gasteiger partial charge in [0, 0.05) is 25.6 Å². The summed E-state index contributed by atoms with van der Waals surface area (Å²) in [6, 6.07) is 24.3. The first-order valence-corrected chi connectivity index (χ1v) is 17.9. The summed E-state index contributed by atoms with van der Waals surface area (Å²) in [5.74, 6) is -0.654. The number of nitrogens with one attached hydrogen (secondary N) is 2. The first-order valence-electron chi connectivity index (χ1n) is 17.9. The van der Waals surface area contributed by atoms with Crippen molar-refractivity contribution in [2.75, 3.05) is 33.8 Å². The van der Waals surface area contributed by atoms with Crippen molar-refractivity contribution < 1.29 is 23.9 Å². The van der Waals surface area contributed by atoms with Gasteiger partial charge in [0.05, 0.1) is 25.3 Å². The zero-order valence-corrected chi connectivity index (χ0v) is 29.3. The van der Waals surface area contributed by atoms with Crippen LogP contribution < -0.4 is 10.6 Å². The highest BCUT2D eigenvalue weighted by Crippen LogP contribution is 2.33. The van der Waals surface area contributed by atoms with Gasteiger partial charge in [-0.2, -0.15) is 0 Å². The van der Waals surface area contributed by atoms with Gasteiger partial charge in [-0.25, -0.2) is 4.79 Å². The molecule has 3 aromatic carbocycles. The van der Waals surface area contributed by atoms with Crippen LogP contribution in [0.2, 0.25) is 0 Å². The molecule has 10 nitrogen and oxygen atoms in total. The molecule has 3 amide bonds. The minimum absolute atomic E-state index is 0.0472. The zero-order chi connectivity index (χ0) is 35.2. The maximum atomic E-state index is 14.6. The first-order chi connectivity index (χ1) is 24.3. The zero-order valence-electron chi connectivity index (χ0n) is 29.3. The Bertz CT molecular complexity index is 1640. The molecule has 1 aliphatic carbocycles. The summed E-state index contributed by atoms with van der Waals surface area (Å²) < 4.78 is 4.85. The Kier molecular flexibility index (Phi) is 11.3. The molecule has 2 heterocycles. The SMILES string of the molecule is CN[C@@H](C)CN[C@H](C(=O)N1CC(=O)N2C1CN(Cc1ccc(C(=O)OC)cc1)C(=O)[C@@H]2Cc1ccc(-c2ccccc2)cc1)C1CCCCC1. The van der Waals surface area contributed by atoms with Crippen molar-refractivity contribution in [1.29, 1.82) is 0 Å². The van der Waals surface area contributed by atoms with E-state index in [0.29, 0.717) is 18.5 Å². The van der Waals surface area contributed by atoms with Gasteiger partial charge in [-0.3, -0.25) is 14.4 Å². The van der Waals surface area contributed by atoms with E-state index in [0.717, 1.165) is 47.9 Å². The minimum atomic E-state index is -0.763. The van der Waals surface area contributed by atoms with Crippen LogP contribution in [0.5, 0.6) is 0 Å². The van der Waals surface area contributed by atoms with Crippen LogP contribution >= 0.6 is 0 Å². The topological polar surface area (TPSA) is 111 Å². The van der Waals surface area contributed by atoms with Crippen LogP contribution in [0, 0.1) is 5.92 Å². The monoisotopic (exact) mass is 679 g/mol. The normalized spacial score (nSPS) is 20.8. The van der Waals surface area contributed by atoms with Crippen molar-refractivity contribution in [2.45, 2.75) is 76.3 Å². The smallest absolute Gasteiger partial charge is 0.337 e. The number of benzene rings is 3. The lowest BCUT2D eigenvalue weighted by molar-refractivity contribution is -0.157. The van der Waals surface area contributed by atoms with E-state index < -0.39 is 24.2 Å². The number of rotatable bonds is 12. The van der Waals surface area contributed by atoms with Crippen LogP contribution in [0.1, 0.15) is 60.5 Å². The van der Waals surface area contributed by atoms with Gasteiger partial charge in [-0.05, 0) is 67.1 Å². The second-order valence-electron chi connectivity index (χ2n) is 13.9. The summed E-state index contributed by atoms with van der Waals surface area (Å²) in [6.45, 7) is 3.16. The molecule has 3 aliphatic rings. The second-order valence-corrected chi connectivity index (χ2v) is 13.9. The Labute approximate surface area is 295 Å². The van der Waals surface area contributed by atoms with Gasteiger partial charge in [0.2, 0.25) is 17.7 Å². The standard InChI is InChI=1S/C40H49N5O5/c1-27(41-2)23-42-37(32-12-8-5-9-13-32)39(48)44-26-36(46)45-34(22-28-14-18-31(19-15-28)30-10-6-4-7-11-30)38(47)43(25-35(44)45)24-29-16-20-33(21-17-29)40(49)50-3/h4,6-7,10-11,14-21,27,32,34-35,37,41-42H,5,8-9,12-13,22-26H2,1-3H3/t27-,34-,35?,37-/m0/s1. The van der Waals surface area contributed by atoms with Crippen molar-refractivity contribution in [2.24, 2.45) is 5.92 Å². The lowest BCUT2D eigenvalue weighted by Crippen LogP contribution is -2.65. The maximum Gasteiger partial charge on any atom is 0.337 e. The van der Waals surface area contributed by atoms with Gasteiger partial charge in [-0.1, -0.05) is 86.0 Å². The number of amides is 3. The van der Waals surface area contributed by atoms with Crippen LogP contribution in [-0.4, -0.2) is 96.5 Å². The summed E-state index contributed by atoms with van der Waals surface area (Å²) in [4.78, 5) is 60.0. The van der Waals surface area contributed by atoms with Crippen molar-refractivity contribution in [3.63, 3.8) is 0 Å². The highest BCUT2D eigenvalue weighted by molar-refractivity contribution is 5.96. The number of nitrogens with zero attached hydrogens (tertiary/aromatic N) is 3.